The molecular weight excluding hydrogens is 334 g/mol. The summed E-state index contributed by atoms with van der Waals surface area (Å²) >= 11 is 3.39. The molecule has 6 heteroatoms. The van der Waals surface area contributed by atoms with Crippen LogP contribution in [0.25, 0.3) is 5.69 Å². The van der Waals surface area contributed by atoms with Gasteiger partial charge in [-0.25, -0.2) is 4.68 Å². The van der Waals surface area contributed by atoms with E-state index in [2.05, 4.69) is 26.3 Å². The van der Waals surface area contributed by atoms with Crippen LogP contribution in [0.1, 0.15) is 23.7 Å². The third-order valence-electron chi connectivity index (χ3n) is 3.13. The van der Waals surface area contributed by atoms with Gasteiger partial charge in [-0.2, -0.15) is 5.10 Å². The monoisotopic (exact) mass is 351 g/mol. The summed E-state index contributed by atoms with van der Waals surface area (Å²) in [5.74, 6) is -0.137. The van der Waals surface area contributed by atoms with Gasteiger partial charge in [-0.3, -0.25) is 4.79 Å². The molecule has 1 N–H and O–H groups in total. The lowest BCUT2D eigenvalue weighted by atomic mass is 10.2. The second-order valence-electron chi connectivity index (χ2n) is 4.68. The number of nitrogens with zero attached hydrogens (tertiary/aromatic N) is 2. The Kier molecular flexibility index (Phi) is 5.52. The van der Waals surface area contributed by atoms with Crippen LogP contribution < -0.4 is 5.32 Å². The lowest BCUT2D eigenvalue weighted by Crippen LogP contribution is -2.37. The molecule has 0 fully saturated rings. The van der Waals surface area contributed by atoms with Gasteiger partial charge in [0.05, 0.1) is 30.1 Å². The van der Waals surface area contributed by atoms with Crippen LogP contribution in [-0.4, -0.2) is 35.4 Å². The first-order valence-corrected chi connectivity index (χ1v) is 7.53. The minimum atomic E-state index is -0.137. The van der Waals surface area contributed by atoms with Crippen LogP contribution >= 0.6 is 15.9 Å². The van der Waals surface area contributed by atoms with Crippen molar-refractivity contribution in [1.82, 2.24) is 15.1 Å². The van der Waals surface area contributed by atoms with E-state index in [4.69, 9.17) is 4.74 Å². The maximum Gasteiger partial charge on any atom is 0.254 e. The molecule has 0 aliphatic heterocycles. The quantitative estimate of drug-likeness (QED) is 0.870. The molecule has 0 saturated carbocycles. The number of methoxy groups -OCH3 is 1. The lowest BCUT2D eigenvalue weighted by molar-refractivity contribution is 0.0894. The minimum absolute atomic E-state index is 0.0125. The summed E-state index contributed by atoms with van der Waals surface area (Å²) < 4.78 is 7.76. The van der Waals surface area contributed by atoms with Gasteiger partial charge in [-0.05, 0) is 30.7 Å². The highest BCUT2D eigenvalue weighted by molar-refractivity contribution is 9.10. The van der Waals surface area contributed by atoms with Crippen molar-refractivity contribution in [3.8, 4) is 5.69 Å². The summed E-state index contributed by atoms with van der Waals surface area (Å²) in [4.78, 5) is 12.2. The molecule has 0 saturated heterocycles. The maximum absolute atomic E-state index is 12.2. The highest BCUT2D eigenvalue weighted by atomic mass is 79.9. The fourth-order valence-corrected chi connectivity index (χ4v) is 2.17. The number of hydrogen-bond donors (Lipinski definition) is 1. The number of nitrogens with one attached hydrogen (secondary N) is 1. The van der Waals surface area contributed by atoms with Gasteiger partial charge in [0.2, 0.25) is 0 Å². The van der Waals surface area contributed by atoms with Crippen molar-refractivity contribution < 1.29 is 9.53 Å². The molecule has 1 atom stereocenters. The average Bonchev–Trinajstić information content (AvgIpc) is 2.97. The molecule has 112 valence electrons. The zero-order valence-electron chi connectivity index (χ0n) is 12.0. The number of carbonyl (C=O) groups excluding carboxylic acids is 1. The molecule has 5 nitrogen and oxygen atoms in total. The van der Waals surface area contributed by atoms with Crippen molar-refractivity contribution in [3.05, 3.63) is 46.7 Å². The molecule has 0 aliphatic carbocycles. The molecule has 0 unspecified atom stereocenters. The van der Waals surface area contributed by atoms with Crippen LogP contribution in [0.4, 0.5) is 0 Å². The van der Waals surface area contributed by atoms with Crippen LogP contribution in [0.2, 0.25) is 0 Å². The van der Waals surface area contributed by atoms with E-state index >= 15 is 0 Å². The Bertz CT molecular complexity index is 595. The molecule has 0 radical (unpaired) electrons. The standard InChI is InChI=1S/C15H18BrN3O2/c1-3-13(10-21-2)18-15(20)11-8-17-19(9-11)14-6-4-12(16)5-7-14/h4-9,13H,3,10H2,1-2H3,(H,18,20)/t13-/m1/s1. The van der Waals surface area contributed by atoms with Gasteiger partial charge >= 0.3 is 0 Å². The summed E-state index contributed by atoms with van der Waals surface area (Å²) in [6.45, 7) is 2.51. The van der Waals surface area contributed by atoms with Gasteiger partial charge in [0.1, 0.15) is 0 Å². The molecule has 1 amide bonds. The largest absolute Gasteiger partial charge is 0.383 e. The number of amides is 1. The smallest absolute Gasteiger partial charge is 0.254 e. The first-order chi connectivity index (χ1) is 10.1. The normalized spacial score (nSPS) is 12.1. The molecule has 21 heavy (non-hydrogen) atoms. The molecular formula is C15H18BrN3O2. The molecule has 1 aromatic heterocycles. The number of ether oxygens (including phenoxy) is 1. The van der Waals surface area contributed by atoms with Crippen molar-refractivity contribution in [1.29, 1.82) is 0 Å². The summed E-state index contributed by atoms with van der Waals surface area (Å²) in [6, 6.07) is 7.74. The number of hydrogen-bond acceptors (Lipinski definition) is 3. The molecule has 0 spiro atoms. The number of halogens is 1. The zero-order valence-corrected chi connectivity index (χ0v) is 13.6. The van der Waals surface area contributed by atoms with Crippen molar-refractivity contribution in [2.24, 2.45) is 0 Å². The second-order valence-corrected chi connectivity index (χ2v) is 5.60. The fraction of sp³-hybridized carbons (Fsp3) is 0.333. The van der Waals surface area contributed by atoms with Crippen molar-refractivity contribution in [2.45, 2.75) is 19.4 Å². The fourth-order valence-electron chi connectivity index (χ4n) is 1.91. The van der Waals surface area contributed by atoms with Crippen molar-refractivity contribution in [2.75, 3.05) is 13.7 Å². The van der Waals surface area contributed by atoms with Crippen LogP contribution in [0.15, 0.2) is 41.1 Å². The zero-order chi connectivity index (χ0) is 15.2. The Balaban J connectivity index is 2.08. The molecule has 1 aromatic carbocycles. The van der Waals surface area contributed by atoms with Gasteiger partial charge in [0.25, 0.3) is 5.91 Å². The van der Waals surface area contributed by atoms with Crippen LogP contribution in [-0.2, 0) is 4.74 Å². The Morgan fingerprint density at radius 2 is 2.14 bits per heavy atom. The van der Waals surface area contributed by atoms with Crippen LogP contribution in [0.3, 0.4) is 0 Å². The molecule has 2 rings (SSSR count). The highest BCUT2D eigenvalue weighted by Crippen LogP contribution is 2.14. The first-order valence-electron chi connectivity index (χ1n) is 6.74. The van der Waals surface area contributed by atoms with E-state index in [1.165, 1.54) is 0 Å². The minimum Gasteiger partial charge on any atom is -0.383 e. The third kappa shape index (κ3) is 4.15. The van der Waals surface area contributed by atoms with Gasteiger partial charge in [-0.1, -0.05) is 22.9 Å². The molecule has 2 aromatic rings. The number of benzene rings is 1. The van der Waals surface area contributed by atoms with E-state index < -0.39 is 0 Å². The Morgan fingerprint density at radius 3 is 2.76 bits per heavy atom. The predicted molar refractivity (Wildman–Crippen MR) is 84.7 cm³/mol. The van der Waals surface area contributed by atoms with Gasteiger partial charge in [-0.15, -0.1) is 0 Å². The van der Waals surface area contributed by atoms with Crippen molar-refractivity contribution in [3.63, 3.8) is 0 Å². The van der Waals surface area contributed by atoms with E-state index in [9.17, 15) is 4.79 Å². The third-order valence-corrected chi connectivity index (χ3v) is 3.66. The van der Waals surface area contributed by atoms with E-state index in [1.54, 1.807) is 24.2 Å². The summed E-state index contributed by atoms with van der Waals surface area (Å²) in [5.41, 5.74) is 1.44. The van der Waals surface area contributed by atoms with E-state index in [1.807, 2.05) is 31.2 Å². The first kappa shape index (κ1) is 15.7. The highest BCUT2D eigenvalue weighted by Gasteiger charge is 2.14. The van der Waals surface area contributed by atoms with Gasteiger partial charge < -0.3 is 10.1 Å². The van der Waals surface area contributed by atoms with E-state index in [-0.39, 0.29) is 11.9 Å². The van der Waals surface area contributed by atoms with Crippen LogP contribution in [0.5, 0.6) is 0 Å². The second kappa shape index (κ2) is 7.38. The maximum atomic E-state index is 12.2. The van der Waals surface area contributed by atoms with Gasteiger partial charge in [0, 0.05) is 17.8 Å². The average molecular weight is 352 g/mol. The topological polar surface area (TPSA) is 56.1 Å². The number of aromatic nitrogens is 2. The van der Waals surface area contributed by atoms with Crippen LogP contribution in [0, 0.1) is 0 Å². The summed E-state index contributed by atoms with van der Waals surface area (Å²) in [6.07, 6.45) is 4.11. The Morgan fingerprint density at radius 1 is 1.43 bits per heavy atom. The lowest BCUT2D eigenvalue weighted by Gasteiger charge is -2.14. The molecule has 0 bridgehead atoms. The SMILES string of the molecule is CC[C@H](COC)NC(=O)c1cnn(-c2ccc(Br)cc2)c1. The van der Waals surface area contributed by atoms with Gasteiger partial charge in [0.15, 0.2) is 0 Å². The molecule has 0 aliphatic rings. The van der Waals surface area contributed by atoms with E-state index in [0.717, 1.165) is 16.6 Å². The number of rotatable bonds is 6. The van der Waals surface area contributed by atoms with E-state index in [0.29, 0.717) is 12.2 Å². The number of carbonyl (C=O) groups is 1. The molecule has 1 heterocycles. The summed E-state index contributed by atoms with van der Waals surface area (Å²) in [7, 11) is 1.63. The Hall–Kier alpha value is -1.66. The summed E-state index contributed by atoms with van der Waals surface area (Å²) in [5, 5.41) is 7.16. The Labute approximate surface area is 132 Å². The van der Waals surface area contributed by atoms with Crippen molar-refractivity contribution >= 4 is 21.8 Å². The predicted octanol–water partition coefficient (Wildman–Crippen LogP) is 2.79.